The van der Waals surface area contributed by atoms with E-state index in [1.165, 1.54) is 11.8 Å². The van der Waals surface area contributed by atoms with Gasteiger partial charge in [-0.05, 0) is 48.2 Å². The monoisotopic (exact) mass is 473 g/mol. The van der Waals surface area contributed by atoms with Crippen LogP contribution in [0.3, 0.4) is 0 Å². The number of aromatic nitrogens is 2. The molecule has 1 heterocycles. The molecule has 9 heteroatoms. The van der Waals surface area contributed by atoms with Gasteiger partial charge < -0.3 is 20.5 Å². The summed E-state index contributed by atoms with van der Waals surface area (Å²) in [6.45, 7) is 0.225. The van der Waals surface area contributed by atoms with Crippen molar-refractivity contribution in [2.75, 3.05) is 17.2 Å². The van der Waals surface area contributed by atoms with Gasteiger partial charge in [-0.25, -0.2) is 9.78 Å². The predicted molar refractivity (Wildman–Crippen MR) is 118 cm³/mol. The van der Waals surface area contributed by atoms with Crippen molar-refractivity contribution in [3.05, 3.63) is 65.4 Å². The highest BCUT2D eigenvalue weighted by molar-refractivity contribution is 9.10. The van der Waals surface area contributed by atoms with Gasteiger partial charge in [0.05, 0.1) is 5.69 Å². The molecule has 0 atom stereocenters. The summed E-state index contributed by atoms with van der Waals surface area (Å²) in [5.41, 5.74) is 1.39. The van der Waals surface area contributed by atoms with Gasteiger partial charge in [0.25, 0.3) is 0 Å². The summed E-state index contributed by atoms with van der Waals surface area (Å²) in [6.07, 6.45) is 3.76. The molecule has 0 bridgehead atoms. The second kappa shape index (κ2) is 10.1. The van der Waals surface area contributed by atoms with Crippen LogP contribution >= 0.6 is 27.7 Å². The average molecular weight is 474 g/mol. The van der Waals surface area contributed by atoms with Crippen molar-refractivity contribution in [2.24, 2.45) is 7.05 Å². The number of nitrogens with zero attached hydrogens (tertiary/aromatic N) is 2. The molecule has 0 aliphatic carbocycles. The molecule has 29 heavy (non-hydrogen) atoms. The van der Waals surface area contributed by atoms with Crippen LogP contribution in [0, 0.1) is 0 Å². The minimum atomic E-state index is -0.356. The number of imidazole rings is 1. The van der Waals surface area contributed by atoms with Crippen molar-refractivity contribution in [1.29, 1.82) is 0 Å². The van der Waals surface area contributed by atoms with E-state index in [1.807, 2.05) is 54.2 Å². The Morgan fingerprint density at radius 1 is 1.10 bits per heavy atom. The maximum absolute atomic E-state index is 12.3. The van der Waals surface area contributed by atoms with E-state index in [0.29, 0.717) is 11.4 Å². The fourth-order valence-electron chi connectivity index (χ4n) is 2.42. The van der Waals surface area contributed by atoms with Crippen molar-refractivity contribution >= 4 is 51.0 Å². The molecule has 3 N–H and O–H groups in total. The highest BCUT2D eigenvalue weighted by atomic mass is 79.9. The van der Waals surface area contributed by atoms with Crippen LogP contribution in [0.5, 0.6) is 0 Å². The number of urea groups is 1. The summed E-state index contributed by atoms with van der Waals surface area (Å²) in [7, 11) is 1.92. The zero-order chi connectivity index (χ0) is 20.6. The third kappa shape index (κ3) is 6.37. The molecule has 3 rings (SSSR count). The molecule has 0 aliphatic rings. The number of hydrogen-bond acceptors (Lipinski definition) is 4. The number of carbonyl (C=O) groups excluding carboxylic acids is 2. The Balaban J connectivity index is 1.48. The lowest BCUT2D eigenvalue weighted by Gasteiger charge is -2.11. The summed E-state index contributed by atoms with van der Waals surface area (Å²) in [4.78, 5) is 29.4. The molecule has 0 saturated heterocycles. The Morgan fingerprint density at radius 2 is 1.86 bits per heavy atom. The summed E-state index contributed by atoms with van der Waals surface area (Å²) in [5.74, 6) is -0.179. The zero-order valence-corrected chi connectivity index (χ0v) is 18.1. The number of benzene rings is 2. The number of nitrogens with one attached hydrogen (secondary N) is 3. The van der Waals surface area contributed by atoms with Gasteiger partial charge in [0.1, 0.15) is 0 Å². The second-order valence-electron chi connectivity index (χ2n) is 6.10. The molecule has 0 unspecified atom stereocenters. The first-order valence-corrected chi connectivity index (χ1v) is 10.5. The molecule has 3 amide bonds. The molecule has 0 aliphatic heterocycles. The Hall–Kier alpha value is -2.78. The van der Waals surface area contributed by atoms with Gasteiger partial charge in [-0.3, -0.25) is 4.79 Å². The van der Waals surface area contributed by atoms with Crippen molar-refractivity contribution < 1.29 is 9.59 Å². The minimum Gasteiger partial charge on any atom is -0.337 e. The second-order valence-corrected chi connectivity index (χ2v) is 8.03. The average Bonchev–Trinajstić information content (AvgIpc) is 3.10. The van der Waals surface area contributed by atoms with Gasteiger partial charge in [0, 0.05) is 47.5 Å². The van der Waals surface area contributed by atoms with Crippen LogP contribution in [0.1, 0.15) is 6.42 Å². The van der Waals surface area contributed by atoms with Gasteiger partial charge >= 0.3 is 6.03 Å². The number of carbonyl (C=O) groups is 2. The number of aryl methyl sites for hydroxylation is 1. The lowest BCUT2D eigenvalue weighted by atomic mass is 10.3. The van der Waals surface area contributed by atoms with Crippen molar-refractivity contribution in [1.82, 2.24) is 14.9 Å². The topological polar surface area (TPSA) is 88.1 Å². The molecule has 0 spiro atoms. The molecule has 0 fully saturated rings. The highest BCUT2D eigenvalue weighted by Gasteiger charge is 2.10. The number of anilines is 2. The van der Waals surface area contributed by atoms with Crippen LogP contribution in [-0.2, 0) is 11.8 Å². The van der Waals surface area contributed by atoms with E-state index in [4.69, 9.17) is 0 Å². The lowest BCUT2D eigenvalue weighted by molar-refractivity contribution is -0.116. The van der Waals surface area contributed by atoms with E-state index in [-0.39, 0.29) is 24.9 Å². The van der Waals surface area contributed by atoms with Crippen molar-refractivity contribution in [3.8, 4) is 0 Å². The molecule has 1 aromatic heterocycles. The van der Waals surface area contributed by atoms with Crippen LogP contribution in [-0.4, -0.2) is 28.0 Å². The van der Waals surface area contributed by atoms with E-state index in [9.17, 15) is 9.59 Å². The van der Waals surface area contributed by atoms with Gasteiger partial charge in [0.2, 0.25) is 5.91 Å². The summed E-state index contributed by atoms with van der Waals surface area (Å²) >= 11 is 4.82. The Morgan fingerprint density at radius 3 is 2.59 bits per heavy atom. The van der Waals surface area contributed by atoms with E-state index in [0.717, 1.165) is 14.5 Å². The van der Waals surface area contributed by atoms with Crippen molar-refractivity contribution in [2.45, 2.75) is 16.5 Å². The third-order valence-corrected chi connectivity index (χ3v) is 5.56. The van der Waals surface area contributed by atoms with Gasteiger partial charge in [-0.1, -0.05) is 28.1 Å². The summed E-state index contributed by atoms with van der Waals surface area (Å²) in [6, 6.07) is 14.4. The van der Waals surface area contributed by atoms with Gasteiger partial charge in [-0.15, -0.1) is 0 Å². The van der Waals surface area contributed by atoms with E-state index in [2.05, 4.69) is 36.9 Å². The zero-order valence-electron chi connectivity index (χ0n) is 15.7. The molecule has 2 aromatic carbocycles. The van der Waals surface area contributed by atoms with Crippen LogP contribution in [0.4, 0.5) is 16.2 Å². The quantitative estimate of drug-likeness (QED) is 0.471. The minimum absolute atomic E-state index is 0.162. The van der Waals surface area contributed by atoms with E-state index in [1.54, 1.807) is 18.3 Å². The molecule has 7 nitrogen and oxygen atoms in total. The molecular weight excluding hydrogens is 454 g/mol. The maximum Gasteiger partial charge on any atom is 0.319 e. The van der Waals surface area contributed by atoms with E-state index < -0.39 is 0 Å². The smallest absolute Gasteiger partial charge is 0.319 e. The SMILES string of the molecule is Cn1ccnc1Sc1ccccc1NC(=O)CCNC(=O)Nc1ccc(Br)cc1. The van der Waals surface area contributed by atoms with Crippen LogP contribution in [0.2, 0.25) is 0 Å². The van der Waals surface area contributed by atoms with Crippen molar-refractivity contribution in [3.63, 3.8) is 0 Å². The predicted octanol–water partition coefficient (Wildman–Crippen LogP) is 4.48. The number of halogens is 1. The normalized spacial score (nSPS) is 10.4. The van der Waals surface area contributed by atoms with Gasteiger partial charge in [-0.2, -0.15) is 0 Å². The highest BCUT2D eigenvalue weighted by Crippen LogP contribution is 2.32. The third-order valence-electron chi connectivity index (χ3n) is 3.88. The van der Waals surface area contributed by atoms with Crippen LogP contribution < -0.4 is 16.0 Å². The largest absolute Gasteiger partial charge is 0.337 e. The fraction of sp³-hybridized carbons (Fsp3) is 0.150. The number of amides is 3. The molecule has 0 radical (unpaired) electrons. The Labute approximate surface area is 181 Å². The first-order valence-electron chi connectivity index (χ1n) is 8.86. The Kier molecular flexibility index (Phi) is 7.31. The first kappa shape index (κ1) is 20.9. The fourth-order valence-corrected chi connectivity index (χ4v) is 3.57. The number of rotatable bonds is 7. The maximum atomic E-state index is 12.3. The number of para-hydroxylation sites is 1. The standard InChI is InChI=1S/C20H20BrN5O2S/c1-26-13-12-23-20(26)29-17-5-3-2-4-16(17)25-18(27)10-11-22-19(28)24-15-8-6-14(21)7-9-15/h2-9,12-13H,10-11H2,1H3,(H,25,27)(H2,22,24,28). The summed E-state index contributed by atoms with van der Waals surface area (Å²) in [5, 5.41) is 9.13. The van der Waals surface area contributed by atoms with Crippen LogP contribution in [0.25, 0.3) is 0 Å². The molecule has 3 aromatic rings. The van der Waals surface area contributed by atoms with Gasteiger partial charge in [0.15, 0.2) is 5.16 Å². The molecular formula is C20H20BrN5O2S. The first-order chi connectivity index (χ1) is 14.0. The molecule has 0 saturated carbocycles. The number of hydrogen-bond donors (Lipinski definition) is 3. The van der Waals surface area contributed by atoms with Crippen LogP contribution in [0.15, 0.2) is 75.4 Å². The van der Waals surface area contributed by atoms with E-state index >= 15 is 0 Å². The summed E-state index contributed by atoms with van der Waals surface area (Å²) < 4.78 is 2.85. The Bertz CT molecular complexity index is 991. The lowest BCUT2D eigenvalue weighted by Crippen LogP contribution is -2.31. The molecule has 150 valence electrons.